The van der Waals surface area contributed by atoms with Crippen LogP contribution in [0.1, 0.15) is 35.2 Å². The van der Waals surface area contributed by atoms with Crippen LogP contribution in [0.3, 0.4) is 0 Å². The first-order chi connectivity index (χ1) is 10.3. The molecule has 3 heteroatoms. The molecule has 0 atom stereocenters. The fourth-order valence-corrected chi connectivity index (χ4v) is 2.83. The molecule has 108 valence electrons. The number of nitrogens with two attached hydrogens (primary N) is 1. The highest BCUT2D eigenvalue weighted by atomic mass is 16.1. The Labute approximate surface area is 125 Å². The molecule has 0 spiro atoms. The lowest BCUT2D eigenvalue weighted by Crippen LogP contribution is -2.29. The maximum absolute atomic E-state index is 12.6. The number of ketones is 1. The van der Waals surface area contributed by atoms with Gasteiger partial charge in [-0.3, -0.25) is 4.79 Å². The molecule has 0 bridgehead atoms. The molecule has 1 saturated heterocycles. The fraction of sp³-hybridized carbons (Fsp3) is 0.278. The van der Waals surface area contributed by atoms with E-state index in [1.165, 1.54) is 19.3 Å². The van der Waals surface area contributed by atoms with Crippen molar-refractivity contribution in [2.45, 2.75) is 19.3 Å². The van der Waals surface area contributed by atoms with Gasteiger partial charge in [0.1, 0.15) is 0 Å². The topological polar surface area (TPSA) is 46.3 Å². The van der Waals surface area contributed by atoms with Gasteiger partial charge in [-0.05, 0) is 37.5 Å². The zero-order valence-corrected chi connectivity index (χ0v) is 12.1. The van der Waals surface area contributed by atoms with Crippen LogP contribution in [0, 0.1) is 0 Å². The summed E-state index contributed by atoms with van der Waals surface area (Å²) in [5.74, 6) is -0.00744. The largest absolute Gasteiger partial charge is 0.398 e. The summed E-state index contributed by atoms with van der Waals surface area (Å²) < 4.78 is 0. The first-order valence-corrected chi connectivity index (χ1v) is 7.50. The second-order valence-electron chi connectivity index (χ2n) is 5.51. The monoisotopic (exact) mass is 280 g/mol. The highest BCUT2D eigenvalue weighted by Crippen LogP contribution is 2.26. The van der Waals surface area contributed by atoms with E-state index in [-0.39, 0.29) is 5.78 Å². The van der Waals surface area contributed by atoms with Gasteiger partial charge in [-0.25, -0.2) is 0 Å². The van der Waals surface area contributed by atoms with Crippen molar-refractivity contribution in [1.29, 1.82) is 0 Å². The zero-order chi connectivity index (χ0) is 14.7. The summed E-state index contributed by atoms with van der Waals surface area (Å²) >= 11 is 0. The molecule has 3 rings (SSSR count). The quantitative estimate of drug-likeness (QED) is 0.691. The Kier molecular flexibility index (Phi) is 3.91. The smallest absolute Gasteiger partial charge is 0.195 e. The van der Waals surface area contributed by atoms with Crippen LogP contribution in [0.2, 0.25) is 0 Å². The van der Waals surface area contributed by atoms with E-state index in [4.69, 9.17) is 5.73 Å². The Balaban J connectivity index is 1.92. The molecule has 1 fully saturated rings. The van der Waals surface area contributed by atoms with E-state index in [0.29, 0.717) is 16.8 Å². The second kappa shape index (κ2) is 6.00. The molecule has 0 aliphatic carbocycles. The summed E-state index contributed by atoms with van der Waals surface area (Å²) in [5.41, 5.74) is 8.95. The second-order valence-corrected chi connectivity index (χ2v) is 5.51. The Bertz CT molecular complexity index is 631. The summed E-state index contributed by atoms with van der Waals surface area (Å²) in [6.45, 7) is 2.12. The first kappa shape index (κ1) is 13.7. The first-order valence-electron chi connectivity index (χ1n) is 7.50. The molecule has 21 heavy (non-hydrogen) atoms. The highest BCUT2D eigenvalue weighted by Gasteiger charge is 2.16. The van der Waals surface area contributed by atoms with Gasteiger partial charge in [-0.2, -0.15) is 0 Å². The molecular formula is C18H20N2O. The molecule has 0 radical (unpaired) electrons. The third-order valence-corrected chi connectivity index (χ3v) is 4.04. The molecular weight excluding hydrogens is 260 g/mol. The van der Waals surface area contributed by atoms with E-state index < -0.39 is 0 Å². The number of benzene rings is 2. The van der Waals surface area contributed by atoms with Crippen LogP contribution in [0.25, 0.3) is 0 Å². The number of anilines is 2. The standard InChI is InChI=1S/C18H20N2O/c19-17-10-9-15(20-11-5-2-6-12-20)13-16(17)18(21)14-7-3-1-4-8-14/h1,3-4,7-10,13H,2,5-6,11-12,19H2. The Morgan fingerprint density at radius 1 is 0.952 bits per heavy atom. The van der Waals surface area contributed by atoms with Crippen LogP contribution in [-0.2, 0) is 0 Å². The normalized spacial score (nSPS) is 15.0. The molecule has 1 aliphatic rings. The lowest BCUT2D eigenvalue weighted by Gasteiger charge is -2.29. The SMILES string of the molecule is Nc1ccc(N2CCCCC2)cc1C(=O)c1ccccc1. The molecule has 2 aromatic carbocycles. The van der Waals surface area contributed by atoms with Crippen LogP contribution < -0.4 is 10.6 Å². The predicted octanol–water partition coefficient (Wildman–Crippen LogP) is 3.49. The van der Waals surface area contributed by atoms with E-state index in [9.17, 15) is 4.79 Å². The van der Waals surface area contributed by atoms with Gasteiger partial charge in [0.15, 0.2) is 5.78 Å². The van der Waals surface area contributed by atoms with E-state index in [1.54, 1.807) is 0 Å². The van der Waals surface area contributed by atoms with Crippen molar-refractivity contribution in [3.63, 3.8) is 0 Å². The van der Waals surface area contributed by atoms with Crippen LogP contribution in [-0.4, -0.2) is 18.9 Å². The number of nitrogens with zero attached hydrogens (tertiary/aromatic N) is 1. The molecule has 2 aromatic rings. The predicted molar refractivity (Wildman–Crippen MR) is 86.8 cm³/mol. The molecule has 0 saturated carbocycles. The summed E-state index contributed by atoms with van der Waals surface area (Å²) in [5, 5.41) is 0. The maximum atomic E-state index is 12.6. The summed E-state index contributed by atoms with van der Waals surface area (Å²) in [7, 11) is 0. The van der Waals surface area contributed by atoms with Gasteiger partial charge in [-0.15, -0.1) is 0 Å². The molecule has 1 aliphatic heterocycles. The number of nitrogen functional groups attached to an aromatic ring is 1. The number of rotatable bonds is 3. The average molecular weight is 280 g/mol. The minimum absolute atomic E-state index is 0.00744. The maximum Gasteiger partial charge on any atom is 0.195 e. The lowest BCUT2D eigenvalue weighted by molar-refractivity contribution is 0.103. The van der Waals surface area contributed by atoms with Gasteiger partial charge in [0, 0.05) is 35.6 Å². The number of carbonyl (C=O) groups is 1. The van der Waals surface area contributed by atoms with Gasteiger partial charge in [0.05, 0.1) is 0 Å². The Morgan fingerprint density at radius 2 is 1.67 bits per heavy atom. The minimum Gasteiger partial charge on any atom is -0.398 e. The van der Waals surface area contributed by atoms with E-state index >= 15 is 0 Å². The van der Waals surface area contributed by atoms with E-state index in [1.807, 2.05) is 48.5 Å². The van der Waals surface area contributed by atoms with Crippen molar-refractivity contribution < 1.29 is 4.79 Å². The molecule has 2 N–H and O–H groups in total. The highest BCUT2D eigenvalue weighted by molar-refractivity contribution is 6.12. The van der Waals surface area contributed by atoms with Crippen molar-refractivity contribution in [3.05, 3.63) is 59.7 Å². The number of hydrogen-bond donors (Lipinski definition) is 1. The average Bonchev–Trinajstić information content (AvgIpc) is 2.56. The van der Waals surface area contributed by atoms with Crippen molar-refractivity contribution in [1.82, 2.24) is 0 Å². The van der Waals surface area contributed by atoms with Crippen LogP contribution in [0.15, 0.2) is 48.5 Å². The summed E-state index contributed by atoms with van der Waals surface area (Å²) in [4.78, 5) is 14.9. The zero-order valence-electron chi connectivity index (χ0n) is 12.1. The van der Waals surface area contributed by atoms with Crippen LogP contribution >= 0.6 is 0 Å². The van der Waals surface area contributed by atoms with Crippen LogP contribution in [0.5, 0.6) is 0 Å². The third-order valence-electron chi connectivity index (χ3n) is 4.04. The molecule has 0 amide bonds. The summed E-state index contributed by atoms with van der Waals surface area (Å²) in [6, 6.07) is 15.1. The number of piperidine rings is 1. The third kappa shape index (κ3) is 2.92. The molecule has 1 heterocycles. The van der Waals surface area contributed by atoms with Gasteiger partial charge < -0.3 is 10.6 Å². The molecule has 0 aromatic heterocycles. The van der Waals surface area contributed by atoms with Crippen molar-refractivity contribution >= 4 is 17.2 Å². The minimum atomic E-state index is -0.00744. The summed E-state index contributed by atoms with van der Waals surface area (Å²) in [6.07, 6.45) is 3.72. The van der Waals surface area contributed by atoms with Gasteiger partial charge in [0.25, 0.3) is 0 Å². The Morgan fingerprint density at radius 3 is 2.38 bits per heavy atom. The number of carbonyl (C=O) groups excluding carboxylic acids is 1. The van der Waals surface area contributed by atoms with Gasteiger partial charge >= 0.3 is 0 Å². The van der Waals surface area contributed by atoms with Gasteiger partial charge in [-0.1, -0.05) is 30.3 Å². The molecule has 0 unspecified atom stereocenters. The van der Waals surface area contributed by atoms with Crippen molar-refractivity contribution in [2.75, 3.05) is 23.7 Å². The van der Waals surface area contributed by atoms with Crippen molar-refractivity contribution in [2.24, 2.45) is 0 Å². The Hall–Kier alpha value is -2.29. The van der Waals surface area contributed by atoms with Crippen molar-refractivity contribution in [3.8, 4) is 0 Å². The van der Waals surface area contributed by atoms with E-state index in [2.05, 4.69) is 4.90 Å². The van der Waals surface area contributed by atoms with Crippen LogP contribution in [0.4, 0.5) is 11.4 Å². The number of hydrogen-bond acceptors (Lipinski definition) is 3. The fourth-order valence-electron chi connectivity index (χ4n) is 2.83. The van der Waals surface area contributed by atoms with Gasteiger partial charge in [0.2, 0.25) is 0 Å². The lowest BCUT2D eigenvalue weighted by atomic mass is 10.0. The molecule has 3 nitrogen and oxygen atoms in total. The van der Waals surface area contributed by atoms with E-state index in [0.717, 1.165) is 18.8 Å².